The van der Waals surface area contributed by atoms with Crippen molar-refractivity contribution in [3.8, 4) is 0 Å². The van der Waals surface area contributed by atoms with Gasteiger partial charge in [0, 0.05) is 18.4 Å². The van der Waals surface area contributed by atoms with Crippen molar-refractivity contribution in [1.29, 1.82) is 0 Å². The predicted octanol–water partition coefficient (Wildman–Crippen LogP) is 3.95. The van der Waals surface area contributed by atoms with Gasteiger partial charge in [0.2, 0.25) is 0 Å². The SMILES string of the molecule is C=C1CCCCN1/C=C(/S)CCCC. The second kappa shape index (κ2) is 6.18. The molecule has 80 valence electrons. The Kier molecular flexibility index (Phi) is 5.16. The molecule has 0 aliphatic carbocycles. The average molecular weight is 211 g/mol. The summed E-state index contributed by atoms with van der Waals surface area (Å²) in [6.45, 7) is 7.41. The molecule has 2 heteroatoms. The third kappa shape index (κ3) is 3.79. The van der Waals surface area contributed by atoms with Crippen molar-refractivity contribution in [3.63, 3.8) is 0 Å². The van der Waals surface area contributed by atoms with Crippen LogP contribution >= 0.6 is 12.6 Å². The summed E-state index contributed by atoms with van der Waals surface area (Å²) in [4.78, 5) is 3.46. The van der Waals surface area contributed by atoms with Gasteiger partial charge in [0.05, 0.1) is 0 Å². The molecule has 1 aliphatic rings. The van der Waals surface area contributed by atoms with Crippen LogP contribution in [0, 0.1) is 0 Å². The lowest BCUT2D eigenvalue weighted by Crippen LogP contribution is -2.22. The zero-order valence-electron chi connectivity index (χ0n) is 9.13. The first-order chi connectivity index (χ1) is 6.74. The molecule has 0 amide bonds. The molecule has 0 N–H and O–H groups in total. The average Bonchev–Trinajstić information content (AvgIpc) is 2.18. The normalized spacial score (nSPS) is 18.9. The Labute approximate surface area is 93.3 Å². The fraction of sp³-hybridized carbons (Fsp3) is 0.667. The lowest BCUT2D eigenvalue weighted by Gasteiger charge is -2.28. The van der Waals surface area contributed by atoms with E-state index in [1.165, 1.54) is 36.3 Å². The molecule has 1 rings (SSSR count). The Morgan fingerprint density at radius 2 is 2.36 bits per heavy atom. The Morgan fingerprint density at radius 1 is 1.57 bits per heavy atom. The zero-order valence-corrected chi connectivity index (χ0v) is 10.0. The van der Waals surface area contributed by atoms with E-state index in [1.54, 1.807) is 0 Å². The number of hydrogen-bond donors (Lipinski definition) is 1. The van der Waals surface area contributed by atoms with Crippen LogP contribution in [0.5, 0.6) is 0 Å². The smallest absolute Gasteiger partial charge is 0.0222 e. The minimum atomic E-state index is 1.10. The summed E-state index contributed by atoms with van der Waals surface area (Å²) in [5.41, 5.74) is 1.25. The minimum absolute atomic E-state index is 1.10. The molecule has 1 fully saturated rings. The Morgan fingerprint density at radius 3 is 3.00 bits per heavy atom. The predicted molar refractivity (Wildman–Crippen MR) is 66.3 cm³/mol. The first-order valence-electron chi connectivity index (χ1n) is 5.58. The fourth-order valence-corrected chi connectivity index (χ4v) is 1.97. The fourth-order valence-electron chi connectivity index (χ4n) is 1.67. The molecular weight excluding hydrogens is 190 g/mol. The molecule has 0 aromatic carbocycles. The third-order valence-electron chi connectivity index (χ3n) is 2.61. The second-order valence-corrected chi connectivity index (χ2v) is 4.52. The number of unbranched alkanes of at least 4 members (excludes halogenated alkanes) is 1. The van der Waals surface area contributed by atoms with Gasteiger partial charge in [-0.2, -0.15) is 0 Å². The van der Waals surface area contributed by atoms with Crippen molar-refractivity contribution >= 4 is 12.6 Å². The van der Waals surface area contributed by atoms with Gasteiger partial charge in [-0.05, 0) is 37.0 Å². The van der Waals surface area contributed by atoms with Gasteiger partial charge < -0.3 is 4.90 Å². The number of piperidine rings is 1. The van der Waals surface area contributed by atoms with Crippen LogP contribution in [0.15, 0.2) is 23.4 Å². The van der Waals surface area contributed by atoms with E-state index in [0.29, 0.717) is 0 Å². The molecule has 14 heavy (non-hydrogen) atoms. The third-order valence-corrected chi connectivity index (χ3v) is 2.95. The summed E-state index contributed by atoms with van der Waals surface area (Å²) in [5.74, 6) is 0. The number of nitrogens with zero attached hydrogens (tertiary/aromatic N) is 1. The summed E-state index contributed by atoms with van der Waals surface area (Å²) < 4.78 is 0. The topological polar surface area (TPSA) is 3.24 Å². The second-order valence-electron chi connectivity index (χ2n) is 3.94. The number of hydrogen-bond acceptors (Lipinski definition) is 2. The van der Waals surface area contributed by atoms with Crippen LogP contribution in [0.3, 0.4) is 0 Å². The molecule has 0 radical (unpaired) electrons. The maximum absolute atomic E-state index is 4.49. The molecule has 1 aliphatic heterocycles. The van der Waals surface area contributed by atoms with Gasteiger partial charge >= 0.3 is 0 Å². The lowest BCUT2D eigenvalue weighted by molar-refractivity contribution is 0.379. The lowest BCUT2D eigenvalue weighted by atomic mass is 10.1. The van der Waals surface area contributed by atoms with E-state index < -0.39 is 0 Å². The van der Waals surface area contributed by atoms with Crippen LogP contribution in [0.25, 0.3) is 0 Å². The highest BCUT2D eigenvalue weighted by Gasteiger charge is 2.10. The minimum Gasteiger partial charge on any atom is -0.351 e. The summed E-state index contributed by atoms with van der Waals surface area (Å²) in [5, 5.41) is 0. The molecule has 0 spiro atoms. The standard InChI is InChI=1S/C12H21NS/c1-3-4-8-12(14)10-13-9-6-5-7-11(13)2/h10,14H,2-9H2,1H3/b12-10+. The van der Waals surface area contributed by atoms with Crippen LogP contribution in [0.2, 0.25) is 0 Å². The van der Waals surface area contributed by atoms with Crippen molar-refractivity contribution in [2.24, 2.45) is 0 Å². The van der Waals surface area contributed by atoms with Gasteiger partial charge in [-0.3, -0.25) is 0 Å². The van der Waals surface area contributed by atoms with E-state index >= 15 is 0 Å². The Balaban J connectivity index is 2.42. The van der Waals surface area contributed by atoms with Crippen molar-refractivity contribution in [2.75, 3.05) is 6.54 Å². The van der Waals surface area contributed by atoms with E-state index in [4.69, 9.17) is 0 Å². The highest BCUT2D eigenvalue weighted by Crippen LogP contribution is 2.21. The summed E-state index contributed by atoms with van der Waals surface area (Å²) in [7, 11) is 0. The van der Waals surface area contributed by atoms with E-state index in [2.05, 4.69) is 37.2 Å². The molecule has 0 aromatic rings. The maximum atomic E-state index is 4.49. The molecule has 0 saturated carbocycles. The van der Waals surface area contributed by atoms with Crippen LogP contribution in [-0.4, -0.2) is 11.4 Å². The van der Waals surface area contributed by atoms with Crippen LogP contribution in [0.4, 0.5) is 0 Å². The quantitative estimate of drug-likeness (QED) is 0.689. The Bertz CT molecular complexity index is 220. The van der Waals surface area contributed by atoms with Gasteiger partial charge in [-0.25, -0.2) is 0 Å². The molecule has 0 unspecified atom stereocenters. The number of rotatable bonds is 4. The summed E-state index contributed by atoms with van der Waals surface area (Å²) in [6, 6.07) is 0. The van der Waals surface area contributed by atoms with Crippen LogP contribution in [-0.2, 0) is 0 Å². The monoisotopic (exact) mass is 211 g/mol. The zero-order chi connectivity index (χ0) is 10.4. The molecule has 1 nitrogen and oxygen atoms in total. The molecular formula is C12H21NS. The maximum Gasteiger partial charge on any atom is 0.0222 e. The van der Waals surface area contributed by atoms with Gasteiger partial charge in [0.15, 0.2) is 0 Å². The summed E-state index contributed by atoms with van der Waals surface area (Å²) >= 11 is 4.49. The number of likely N-dealkylation sites (tertiary alicyclic amines) is 1. The molecule has 1 heterocycles. The van der Waals surface area contributed by atoms with E-state index in [1.807, 2.05) is 0 Å². The van der Waals surface area contributed by atoms with Gasteiger partial charge in [-0.1, -0.05) is 19.9 Å². The van der Waals surface area contributed by atoms with E-state index in [9.17, 15) is 0 Å². The molecule has 0 bridgehead atoms. The van der Waals surface area contributed by atoms with Gasteiger partial charge in [0.25, 0.3) is 0 Å². The van der Waals surface area contributed by atoms with E-state index in [0.717, 1.165) is 19.4 Å². The first-order valence-corrected chi connectivity index (χ1v) is 6.03. The van der Waals surface area contributed by atoms with Gasteiger partial charge in [0.1, 0.15) is 0 Å². The number of allylic oxidation sites excluding steroid dienone is 2. The van der Waals surface area contributed by atoms with Crippen molar-refractivity contribution in [2.45, 2.75) is 45.4 Å². The summed E-state index contributed by atoms with van der Waals surface area (Å²) in [6.07, 6.45) is 9.45. The van der Waals surface area contributed by atoms with Crippen LogP contribution in [0.1, 0.15) is 45.4 Å². The largest absolute Gasteiger partial charge is 0.351 e. The van der Waals surface area contributed by atoms with Gasteiger partial charge in [-0.15, -0.1) is 12.6 Å². The number of thiol groups is 1. The highest BCUT2D eigenvalue weighted by molar-refractivity contribution is 7.84. The molecule has 1 saturated heterocycles. The van der Waals surface area contributed by atoms with Crippen LogP contribution < -0.4 is 0 Å². The van der Waals surface area contributed by atoms with Crippen molar-refractivity contribution in [1.82, 2.24) is 4.90 Å². The molecule has 0 aromatic heterocycles. The molecule has 0 atom stereocenters. The first kappa shape index (κ1) is 11.7. The highest BCUT2D eigenvalue weighted by atomic mass is 32.1. The van der Waals surface area contributed by atoms with E-state index in [-0.39, 0.29) is 0 Å². The van der Waals surface area contributed by atoms with Crippen molar-refractivity contribution in [3.05, 3.63) is 23.4 Å². The van der Waals surface area contributed by atoms with Crippen molar-refractivity contribution < 1.29 is 0 Å². The Hall–Kier alpha value is -0.370.